The quantitative estimate of drug-likeness (QED) is 0.462. The first-order valence-electron chi connectivity index (χ1n) is 8.04. The Labute approximate surface area is 152 Å². The molecule has 1 aromatic heterocycles. The minimum atomic E-state index is 0.696. The molecule has 4 aromatic rings. The van der Waals surface area contributed by atoms with Crippen molar-refractivity contribution in [3.8, 4) is 0 Å². The Bertz CT molecular complexity index is 1150. The number of rotatable bonds is 1. The molecule has 0 radical (unpaired) electrons. The summed E-state index contributed by atoms with van der Waals surface area (Å²) in [4.78, 5) is 14.3. The highest BCUT2D eigenvalue weighted by molar-refractivity contribution is 9.10. The van der Waals surface area contributed by atoms with E-state index in [9.17, 15) is 0 Å². The van der Waals surface area contributed by atoms with Gasteiger partial charge in [0.25, 0.3) is 0 Å². The minimum Gasteiger partial charge on any atom is -0.378 e. The van der Waals surface area contributed by atoms with Crippen LogP contribution in [0, 0.1) is 0 Å². The molecule has 0 atom stereocenters. The molecule has 4 nitrogen and oxygen atoms in total. The van der Waals surface area contributed by atoms with Crippen LogP contribution >= 0.6 is 15.9 Å². The summed E-state index contributed by atoms with van der Waals surface area (Å²) >= 11 is 3.47. The second-order valence-corrected chi connectivity index (χ2v) is 6.91. The van der Waals surface area contributed by atoms with Crippen molar-refractivity contribution in [2.75, 3.05) is 11.9 Å². The van der Waals surface area contributed by atoms with Crippen LogP contribution in [0.3, 0.4) is 0 Å². The van der Waals surface area contributed by atoms with E-state index < -0.39 is 0 Å². The maximum absolute atomic E-state index is 4.85. The molecule has 1 aliphatic heterocycles. The summed E-state index contributed by atoms with van der Waals surface area (Å²) in [5.74, 6) is 0. The Kier molecular flexibility index (Phi) is 3.28. The van der Waals surface area contributed by atoms with Gasteiger partial charge in [0.05, 0.1) is 45.7 Å². The van der Waals surface area contributed by atoms with Crippen molar-refractivity contribution in [2.45, 2.75) is 0 Å². The fourth-order valence-electron chi connectivity index (χ4n) is 3.06. The number of aromatic nitrogens is 2. The van der Waals surface area contributed by atoms with Crippen LogP contribution in [0.1, 0.15) is 5.56 Å². The molecule has 0 spiro atoms. The highest BCUT2D eigenvalue weighted by atomic mass is 79.9. The van der Waals surface area contributed by atoms with Gasteiger partial charge in [-0.25, -0.2) is 15.0 Å². The van der Waals surface area contributed by atoms with Crippen molar-refractivity contribution in [3.05, 3.63) is 70.7 Å². The van der Waals surface area contributed by atoms with Gasteiger partial charge in [0.2, 0.25) is 0 Å². The zero-order valence-corrected chi connectivity index (χ0v) is 14.8. The number of halogens is 1. The van der Waals surface area contributed by atoms with Crippen molar-refractivity contribution in [3.63, 3.8) is 0 Å². The fraction of sp³-hybridized carbons (Fsp3) is 0.0500. The molecule has 0 fully saturated rings. The van der Waals surface area contributed by atoms with Crippen molar-refractivity contribution < 1.29 is 0 Å². The number of anilines is 1. The van der Waals surface area contributed by atoms with E-state index in [4.69, 9.17) is 15.0 Å². The molecular weight excluding hydrogens is 376 g/mol. The topological polar surface area (TPSA) is 50.2 Å². The van der Waals surface area contributed by atoms with Crippen molar-refractivity contribution in [2.24, 2.45) is 4.99 Å². The average molecular weight is 389 g/mol. The van der Waals surface area contributed by atoms with Gasteiger partial charge in [-0.3, -0.25) is 0 Å². The number of aliphatic imine (C=N–C) groups is 1. The molecule has 0 bridgehead atoms. The van der Waals surface area contributed by atoms with Gasteiger partial charge in [-0.15, -0.1) is 0 Å². The maximum atomic E-state index is 4.85. The van der Waals surface area contributed by atoms with Gasteiger partial charge < -0.3 is 5.32 Å². The lowest BCUT2D eigenvalue weighted by molar-refractivity contribution is 1.29. The third kappa shape index (κ3) is 2.57. The van der Waals surface area contributed by atoms with Crippen LogP contribution in [0.4, 0.5) is 11.4 Å². The number of fused-ring (bicyclic) bond motifs is 3. The van der Waals surface area contributed by atoms with Gasteiger partial charge in [-0.2, -0.15) is 0 Å². The van der Waals surface area contributed by atoms with Gasteiger partial charge in [-0.1, -0.05) is 40.2 Å². The Hall–Kier alpha value is -2.79. The second-order valence-electron chi connectivity index (χ2n) is 5.99. The molecule has 5 rings (SSSR count). The molecule has 0 saturated heterocycles. The predicted molar refractivity (Wildman–Crippen MR) is 106 cm³/mol. The molecule has 0 aliphatic carbocycles. The third-order valence-corrected chi connectivity index (χ3v) is 4.86. The Morgan fingerprint density at radius 1 is 0.800 bits per heavy atom. The summed E-state index contributed by atoms with van der Waals surface area (Å²) in [7, 11) is 0. The molecular formula is C20H13BrN4. The van der Waals surface area contributed by atoms with Gasteiger partial charge in [0.15, 0.2) is 0 Å². The molecule has 1 aliphatic rings. The molecule has 0 unspecified atom stereocenters. The molecule has 1 N–H and O–H groups in total. The summed E-state index contributed by atoms with van der Waals surface area (Å²) in [5.41, 5.74) is 7.59. The highest BCUT2D eigenvalue weighted by Crippen LogP contribution is 2.33. The van der Waals surface area contributed by atoms with Crippen LogP contribution in [0.2, 0.25) is 0 Å². The molecule has 2 heterocycles. The van der Waals surface area contributed by atoms with Gasteiger partial charge in [0, 0.05) is 4.47 Å². The first-order chi connectivity index (χ1) is 12.3. The number of nitrogens with one attached hydrogen (secondary N) is 1. The highest BCUT2D eigenvalue weighted by Gasteiger charge is 2.15. The van der Waals surface area contributed by atoms with E-state index in [-0.39, 0.29) is 0 Å². The predicted octanol–water partition coefficient (Wildman–Crippen LogP) is 5.09. The zero-order valence-electron chi connectivity index (χ0n) is 13.2. The minimum absolute atomic E-state index is 0.696. The fourth-order valence-corrected chi connectivity index (χ4v) is 3.33. The van der Waals surface area contributed by atoms with E-state index >= 15 is 0 Å². The molecule has 3 aromatic carbocycles. The summed E-state index contributed by atoms with van der Waals surface area (Å²) in [5, 5.41) is 3.46. The van der Waals surface area contributed by atoms with Crippen molar-refractivity contribution in [1.82, 2.24) is 9.97 Å². The molecule has 0 saturated carbocycles. The van der Waals surface area contributed by atoms with Crippen molar-refractivity contribution >= 4 is 55.1 Å². The Balaban J connectivity index is 1.66. The lowest BCUT2D eigenvalue weighted by Crippen LogP contribution is -2.18. The number of para-hydroxylation sites is 2. The number of hydrogen-bond donors (Lipinski definition) is 1. The third-order valence-electron chi connectivity index (χ3n) is 4.34. The maximum Gasteiger partial charge on any atom is 0.0917 e. The lowest BCUT2D eigenvalue weighted by atomic mass is 10.1. The van der Waals surface area contributed by atoms with Crippen molar-refractivity contribution in [1.29, 1.82) is 0 Å². The van der Waals surface area contributed by atoms with Crippen LogP contribution in [-0.4, -0.2) is 22.2 Å². The smallest absolute Gasteiger partial charge is 0.0917 e. The van der Waals surface area contributed by atoms with Gasteiger partial charge in [0.1, 0.15) is 0 Å². The summed E-state index contributed by atoms with van der Waals surface area (Å²) in [6.45, 7) is 0.696. The normalized spacial score (nSPS) is 13.4. The van der Waals surface area contributed by atoms with Gasteiger partial charge >= 0.3 is 0 Å². The van der Waals surface area contributed by atoms with E-state index in [0.29, 0.717) is 6.54 Å². The SMILES string of the molecule is Brc1ccc(C2=Nc3cc4nc5ccccc5nc4cc3NC2)cc1. The molecule has 5 heteroatoms. The van der Waals surface area contributed by atoms with Crippen LogP contribution < -0.4 is 5.32 Å². The summed E-state index contributed by atoms with van der Waals surface area (Å²) in [6, 6.07) is 20.2. The van der Waals surface area contributed by atoms with Crippen LogP contribution in [0.15, 0.2) is 70.1 Å². The van der Waals surface area contributed by atoms with E-state index in [1.165, 1.54) is 0 Å². The first kappa shape index (κ1) is 14.5. The van der Waals surface area contributed by atoms with Crippen LogP contribution in [0.25, 0.3) is 22.1 Å². The summed E-state index contributed by atoms with van der Waals surface area (Å²) in [6.07, 6.45) is 0. The molecule has 120 valence electrons. The van der Waals surface area contributed by atoms with E-state index in [0.717, 1.165) is 49.2 Å². The van der Waals surface area contributed by atoms with E-state index in [2.05, 4.69) is 33.4 Å². The largest absolute Gasteiger partial charge is 0.378 e. The number of benzene rings is 3. The Morgan fingerprint density at radius 3 is 2.20 bits per heavy atom. The monoisotopic (exact) mass is 388 g/mol. The number of nitrogens with zero attached hydrogens (tertiary/aromatic N) is 3. The van der Waals surface area contributed by atoms with Gasteiger partial charge in [-0.05, 0) is 42.0 Å². The van der Waals surface area contributed by atoms with Crippen LogP contribution in [0.5, 0.6) is 0 Å². The molecule has 0 amide bonds. The zero-order chi connectivity index (χ0) is 16.8. The second kappa shape index (κ2) is 5.63. The number of hydrogen-bond acceptors (Lipinski definition) is 4. The van der Waals surface area contributed by atoms with E-state index in [1.54, 1.807) is 0 Å². The van der Waals surface area contributed by atoms with Crippen LogP contribution in [-0.2, 0) is 0 Å². The first-order valence-corrected chi connectivity index (χ1v) is 8.83. The lowest BCUT2D eigenvalue weighted by Gasteiger charge is -2.18. The Morgan fingerprint density at radius 2 is 1.48 bits per heavy atom. The molecule has 25 heavy (non-hydrogen) atoms. The summed E-state index contributed by atoms with van der Waals surface area (Å²) < 4.78 is 1.06. The van der Waals surface area contributed by atoms with E-state index in [1.807, 2.05) is 48.5 Å². The average Bonchev–Trinajstić information content (AvgIpc) is 2.65. The standard InChI is InChI=1S/C20H13BrN4/c21-13-7-5-12(6-8-13)20-11-22-16-9-18-19(10-17(16)25-20)24-15-4-2-1-3-14(15)23-18/h1-10,22H,11H2.